The SMILES string of the molecule is CC(C)CCNC(=O)C(C)(C)C(=O)NCCc1ccc(Cl)cc1. The molecule has 2 amide bonds. The van der Waals surface area contributed by atoms with Gasteiger partial charge >= 0.3 is 0 Å². The molecule has 0 aromatic heterocycles. The van der Waals surface area contributed by atoms with Gasteiger partial charge < -0.3 is 10.6 Å². The highest BCUT2D eigenvalue weighted by Gasteiger charge is 2.35. The van der Waals surface area contributed by atoms with Gasteiger partial charge in [0, 0.05) is 18.1 Å². The molecule has 1 aromatic rings. The van der Waals surface area contributed by atoms with E-state index in [9.17, 15) is 9.59 Å². The van der Waals surface area contributed by atoms with Gasteiger partial charge in [0.1, 0.15) is 5.41 Å². The summed E-state index contributed by atoms with van der Waals surface area (Å²) in [4.78, 5) is 24.4. The number of benzene rings is 1. The van der Waals surface area contributed by atoms with Gasteiger partial charge in [-0.25, -0.2) is 0 Å². The molecule has 0 unspecified atom stereocenters. The standard InChI is InChI=1S/C18H27ClN2O2/c1-13(2)9-11-20-16(22)18(3,4)17(23)21-12-10-14-5-7-15(19)8-6-14/h5-8,13H,9-12H2,1-4H3,(H,20,22)(H,21,23). The Labute approximate surface area is 144 Å². The fourth-order valence-corrected chi connectivity index (χ4v) is 2.12. The molecule has 0 spiro atoms. The minimum atomic E-state index is -1.07. The van der Waals surface area contributed by atoms with E-state index in [4.69, 9.17) is 11.6 Å². The summed E-state index contributed by atoms with van der Waals surface area (Å²) in [6, 6.07) is 7.51. The van der Waals surface area contributed by atoms with E-state index in [1.165, 1.54) is 0 Å². The van der Waals surface area contributed by atoms with Gasteiger partial charge in [0.15, 0.2) is 0 Å². The maximum Gasteiger partial charge on any atom is 0.235 e. The van der Waals surface area contributed by atoms with Crippen molar-refractivity contribution in [3.8, 4) is 0 Å². The maximum absolute atomic E-state index is 12.3. The van der Waals surface area contributed by atoms with Crippen molar-refractivity contribution in [2.75, 3.05) is 13.1 Å². The molecule has 1 aromatic carbocycles. The van der Waals surface area contributed by atoms with Crippen LogP contribution in [0, 0.1) is 11.3 Å². The first-order chi connectivity index (χ1) is 10.7. The molecule has 0 aliphatic rings. The highest BCUT2D eigenvalue weighted by atomic mass is 35.5. The lowest BCUT2D eigenvalue weighted by molar-refractivity contribution is -0.141. The highest BCUT2D eigenvalue weighted by Crippen LogP contribution is 2.16. The Kier molecular flexibility index (Phi) is 7.56. The van der Waals surface area contributed by atoms with Crippen LogP contribution >= 0.6 is 11.6 Å². The van der Waals surface area contributed by atoms with Crippen LogP contribution in [0.4, 0.5) is 0 Å². The van der Waals surface area contributed by atoms with Crippen LogP contribution in [0.2, 0.25) is 5.02 Å². The van der Waals surface area contributed by atoms with Crippen molar-refractivity contribution in [1.29, 1.82) is 0 Å². The number of amides is 2. The van der Waals surface area contributed by atoms with Crippen molar-refractivity contribution in [3.05, 3.63) is 34.9 Å². The molecule has 0 heterocycles. The summed E-state index contributed by atoms with van der Waals surface area (Å²) in [6.07, 6.45) is 1.61. The van der Waals surface area contributed by atoms with E-state index in [0.29, 0.717) is 30.5 Å². The van der Waals surface area contributed by atoms with E-state index in [1.54, 1.807) is 13.8 Å². The second-order valence-electron chi connectivity index (χ2n) is 6.70. The van der Waals surface area contributed by atoms with Gasteiger partial charge in [-0.2, -0.15) is 0 Å². The van der Waals surface area contributed by atoms with Gasteiger partial charge in [-0.05, 0) is 50.3 Å². The molecule has 0 aliphatic heterocycles. The lowest BCUT2D eigenvalue weighted by atomic mass is 9.91. The molecule has 0 saturated carbocycles. The topological polar surface area (TPSA) is 58.2 Å². The Morgan fingerprint density at radius 3 is 2.09 bits per heavy atom. The average Bonchev–Trinajstić information content (AvgIpc) is 2.48. The van der Waals surface area contributed by atoms with E-state index in [1.807, 2.05) is 24.3 Å². The first kappa shape index (κ1) is 19.5. The quantitative estimate of drug-likeness (QED) is 0.715. The van der Waals surface area contributed by atoms with Crippen molar-refractivity contribution < 1.29 is 9.59 Å². The van der Waals surface area contributed by atoms with Crippen LogP contribution in [0.15, 0.2) is 24.3 Å². The summed E-state index contributed by atoms with van der Waals surface area (Å²) in [5.41, 5.74) is 0.0191. The maximum atomic E-state index is 12.3. The van der Waals surface area contributed by atoms with E-state index in [0.717, 1.165) is 12.0 Å². The van der Waals surface area contributed by atoms with Crippen molar-refractivity contribution >= 4 is 23.4 Å². The summed E-state index contributed by atoms with van der Waals surface area (Å²) in [6.45, 7) is 8.58. The number of carbonyl (C=O) groups is 2. The Hall–Kier alpha value is -1.55. The van der Waals surface area contributed by atoms with Crippen LogP contribution in [0.3, 0.4) is 0 Å². The Morgan fingerprint density at radius 2 is 1.57 bits per heavy atom. The molecule has 23 heavy (non-hydrogen) atoms. The Balaban J connectivity index is 2.41. The third-order valence-electron chi connectivity index (χ3n) is 3.76. The molecule has 0 atom stereocenters. The van der Waals surface area contributed by atoms with Crippen LogP contribution in [0.5, 0.6) is 0 Å². The van der Waals surface area contributed by atoms with Gasteiger partial charge in [0.2, 0.25) is 11.8 Å². The van der Waals surface area contributed by atoms with E-state index in [-0.39, 0.29) is 11.8 Å². The number of hydrogen-bond acceptors (Lipinski definition) is 2. The molecule has 0 radical (unpaired) electrons. The lowest BCUT2D eigenvalue weighted by Crippen LogP contribution is -2.48. The average molecular weight is 339 g/mol. The monoisotopic (exact) mass is 338 g/mol. The molecule has 0 bridgehead atoms. The largest absolute Gasteiger partial charge is 0.355 e. The van der Waals surface area contributed by atoms with Gasteiger partial charge in [-0.15, -0.1) is 0 Å². The molecule has 0 saturated heterocycles. The van der Waals surface area contributed by atoms with E-state index < -0.39 is 5.41 Å². The molecule has 1 rings (SSSR count). The summed E-state index contributed by atoms with van der Waals surface area (Å²) < 4.78 is 0. The highest BCUT2D eigenvalue weighted by molar-refractivity contribution is 6.30. The van der Waals surface area contributed by atoms with Crippen LogP contribution < -0.4 is 10.6 Å². The van der Waals surface area contributed by atoms with Crippen LogP contribution in [-0.2, 0) is 16.0 Å². The van der Waals surface area contributed by atoms with Crippen molar-refractivity contribution in [1.82, 2.24) is 10.6 Å². The van der Waals surface area contributed by atoms with Gasteiger partial charge in [-0.3, -0.25) is 9.59 Å². The second kappa shape index (κ2) is 8.92. The molecule has 0 fully saturated rings. The van der Waals surface area contributed by atoms with Crippen molar-refractivity contribution in [3.63, 3.8) is 0 Å². The van der Waals surface area contributed by atoms with E-state index >= 15 is 0 Å². The molecule has 5 heteroatoms. The molecule has 128 valence electrons. The van der Waals surface area contributed by atoms with Crippen LogP contribution in [0.1, 0.15) is 39.7 Å². The minimum absolute atomic E-state index is 0.234. The number of halogens is 1. The van der Waals surface area contributed by atoms with Gasteiger partial charge in [-0.1, -0.05) is 37.6 Å². The van der Waals surface area contributed by atoms with Crippen LogP contribution in [-0.4, -0.2) is 24.9 Å². The fraction of sp³-hybridized carbons (Fsp3) is 0.556. The lowest BCUT2D eigenvalue weighted by Gasteiger charge is -2.23. The Morgan fingerprint density at radius 1 is 1.04 bits per heavy atom. The van der Waals surface area contributed by atoms with Gasteiger partial charge in [0.05, 0.1) is 0 Å². The molecule has 4 nitrogen and oxygen atoms in total. The number of nitrogens with one attached hydrogen (secondary N) is 2. The van der Waals surface area contributed by atoms with E-state index in [2.05, 4.69) is 24.5 Å². The van der Waals surface area contributed by atoms with Crippen molar-refractivity contribution in [2.24, 2.45) is 11.3 Å². The first-order valence-corrected chi connectivity index (χ1v) is 8.42. The number of hydrogen-bond donors (Lipinski definition) is 2. The summed E-state index contributed by atoms with van der Waals surface area (Å²) >= 11 is 5.84. The van der Waals surface area contributed by atoms with Crippen LogP contribution in [0.25, 0.3) is 0 Å². The zero-order valence-corrected chi connectivity index (χ0v) is 15.2. The summed E-state index contributed by atoms with van der Waals surface area (Å²) in [5.74, 6) is 0.0299. The van der Waals surface area contributed by atoms with Gasteiger partial charge in [0.25, 0.3) is 0 Å². The minimum Gasteiger partial charge on any atom is -0.355 e. The molecule has 2 N–H and O–H groups in total. The van der Waals surface area contributed by atoms with Crippen molar-refractivity contribution in [2.45, 2.75) is 40.5 Å². The molecule has 0 aliphatic carbocycles. The normalized spacial score (nSPS) is 11.4. The third-order valence-corrected chi connectivity index (χ3v) is 4.01. The second-order valence-corrected chi connectivity index (χ2v) is 7.13. The number of carbonyl (C=O) groups excluding carboxylic acids is 2. The zero-order valence-electron chi connectivity index (χ0n) is 14.4. The first-order valence-electron chi connectivity index (χ1n) is 8.04. The zero-order chi connectivity index (χ0) is 17.5. The number of rotatable bonds is 8. The summed E-state index contributed by atoms with van der Waals surface area (Å²) in [5, 5.41) is 6.36. The predicted molar refractivity (Wildman–Crippen MR) is 94.4 cm³/mol. The summed E-state index contributed by atoms with van der Waals surface area (Å²) in [7, 11) is 0. The smallest absolute Gasteiger partial charge is 0.235 e. The molecular weight excluding hydrogens is 312 g/mol. The predicted octanol–water partition coefficient (Wildman–Crippen LogP) is 3.19. The molecular formula is C18H27ClN2O2. The fourth-order valence-electron chi connectivity index (χ4n) is 1.99. The third kappa shape index (κ3) is 6.61. The Bertz CT molecular complexity index is 524.